The first-order valence-electron chi connectivity index (χ1n) is 10.9. The van der Waals surface area contributed by atoms with Gasteiger partial charge in [-0.15, -0.1) is 0 Å². The Labute approximate surface area is 189 Å². The van der Waals surface area contributed by atoms with E-state index >= 15 is 0 Å². The van der Waals surface area contributed by atoms with Gasteiger partial charge >= 0.3 is 0 Å². The molecule has 3 aromatic rings. The fourth-order valence-corrected chi connectivity index (χ4v) is 3.58. The van der Waals surface area contributed by atoms with Crippen LogP contribution in [0.3, 0.4) is 0 Å². The van der Waals surface area contributed by atoms with Crippen molar-refractivity contribution in [3.8, 4) is 17.3 Å². The lowest BCUT2D eigenvalue weighted by molar-refractivity contribution is 0.318. The smallest absolute Gasteiger partial charge is 0.277 e. The molecule has 1 aliphatic rings. The van der Waals surface area contributed by atoms with Gasteiger partial charge in [-0.3, -0.25) is 9.36 Å². The molecule has 172 valence electrons. The highest BCUT2D eigenvalue weighted by Crippen LogP contribution is 2.23. The standard InChI is InChI=1S/C14H18N4O2.C9H10.C2H6O/c1-5-18-13(17-9(3)12(15)14(18)19)10-6-7-11(20-4)16-8(10)2;1-2-5-9-7-3-6-8(9)4-1;1-2-3/h6-7H,5,15H2,1-4H3;1-2,4-5H,3,6-7H2;3H,2H2,1H3. The Kier molecular flexibility index (Phi) is 9.40. The van der Waals surface area contributed by atoms with Gasteiger partial charge < -0.3 is 15.6 Å². The Balaban J connectivity index is 0.000000248. The van der Waals surface area contributed by atoms with E-state index in [0.29, 0.717) is 23.9 Å². The first-order chi connectivity index (χ1) is 15.4. The van der Waals surface area contributed by atoms with Crippen molar-refractivity contribution in [3.05, 3.63) is 69.3 Å². The van der Waals surface area contributed by atoms with E-state index in [9.17, 15) is 4.79 Å². The minimum absolute atomic E-state index is 0.190. The number of benzene rings is 1. The van der Waals surface area contributed by atoms with Crippen molar-refractivity contribution in [2.24, 2.45) is 0 Å². The van der Waals surface area contributed by atoms with Crippen molar-refractivity contribution in [2.45, 2.75) is 53.5 Å². The van der Waals surface area contributed by atoms with Gasteiger partial charge in [0.15, 0.2) is 0 Å². The van der Waals surface area contributed by atoms with Crippen LogP contribution in [-0.2, 0) is 19.4 Å². The van der Waals surface area contributed by atoms with Gasteiger partial charge in [-0.05, 0) is 64.2 Å². The second kappa shape index (κ2) is 12.0. The molecule has 2 aromatic heterocycles. The van der Waals surface area contributed by atoms with Crippen molar-refractivity contribution in [2.75, 3.05) is 19.5 Å². The Hall–Kier alpha value is -3.19. The molecule has 0 saturated carbocycles. The van der Waals surface area contributed by atoms with Crippen LogP contribution < -0.4 is 16.0 Å². The number of fused-ring (bicyclic) bond motifs is 1. The summed E-state index contributed by atoms with van der Waals surface area (Å²) in [5.74, 6) is 1.11. The summed E-state index contributed by atoms with van der Waals surface area (Å²) in [5.41, 5.74) is 10.9. The van der Waals surface area contributed by atoms with E-state index in [0.717, 1.165) is 11.3 Å². The fourth-order valence-electron chi connectivity index (χ4n) is 3.58. The monoisotopic (exact) mass is 438 g/mol. The van der Waals surface area contributed by atoms with Gasteiger partial charge in [0.25, 0.3) is 5.56 Å². The van der Waals surface area contributed by atoms with Gasteiger partial charge in [0.05, 0.1) is 18.5 Å². The lowest BCUT2D eigenvalue weighted by atomic mass is 10.1. The van der Waals surface area contributed by atoms with Crippen LogP contribution in [0, 0.1) is 13.8 Å². The molecule has 0 unspecified atom stereocenters. The highest BCUT2D eigenvalue weighted by molar-refractivity contribution is 5.61. The Morgan fingerprint density at radius 3 is 2.12 bits per heavy atom. The second-order valence-corrected chi connectivity index (χ2v) is 7.41. The van der Waals surface area contributed by atoms with Gasteiger partial charge in [0.1, 0.15) is 11.5 Å². The lowest BCUT2D eigenvalue weighted by Crippen LogP contribution is -2.26. The number of methoxy groups -OCH3 is 1. The molecule has 0 saturated heterocycles. The number of hydrogen-bond donors (Lipinski definition) is 2. The molecule has 7 heteroatoms. The predicted molar refractivity (Wildman–Crippen MR) is 129 cm³/mol. The number of ether oxygens (including phenoxy) is 1. The summed E-state index contributed by atoms with van der Waals surface area (Å²) < 4.78 is 6.64. The molecule has 1 aromatic carbocycles. The number of nitrogens with zero attached hydrogens (tertiary/aromatic N) is 3. The Bertz CT molecular complexity index is 1070. The van der Waals surface area contributed by atoms with Crippen molar-refractivity contribution >= 4 is 5.69 Å². The molecule has 0 radical (unpaired) electrons. The predicted octanol–water partition coefficient (Wildman–Crippen LogP) is 3.71. The molecule has 0 aliphatic heterocycles. The summed E-state index contributed by atoms with van der Waals surface area (Å²) in [4.78, 5) is 21.0. The molecule has 0 fully saturated rings. The third-order valence-corrected chi connectivity index (χ3v) is 5.23. The zero-order valence-electron chi connectivity index (χ0n) is 19.7. The maximum absolute atomic E-state index is 12.2. The SMILES string of the molecule is CCO.CCn1c(-c2ccc(OC)nc2C)nc(C)c(N)c1=O.c1ccc2c(c1)CCC2. The molecular formula is C25H34N4O3. The van der Waals surface area contributed by atoms with Gasteiger partial charge in [-0.25, -0.2) is 9.97 Å². The largest absolute Gasteiger partial charge is 0.481 e. The van der Waals surface area contributed by atoms with Crippen LogP contribution in [0.4, 0.5) is 5.69 Å². The van der Waals surface area contributed by atoms with E-state index in [2.05, 4.69) is 34.2 Å². The van der Waals surface area contributed by atoms with E-state index in [-0.39, 0.29) is 17.9 Å². The number of anilines is 1. The van der Waals surface area contributed by atoms with E-state index in [1.165, 1.54) is 19.3 Å². The Morgan fingerprint density at radius 2 is 1.62 bits per heavy atom. The molecule has 0 amide bonds. The number of nitrogen functional groups attached to an aromatic ring is 1. The molecule has 4 rings (SSSR count). The number of aliphatic hydroxyl groups excluding tert-OH is 1. The van der Waals surface area contributed by atoms with Gasteiger partial charge in [-0.1, -0.05) is 24.3 Å². The van der Waals surface area contributed by atoms with Crippen LogP contribution in [-0.4, -0.2) is 33.4 Å². The van der Waals surface area contributed by atoms with Crippen LogP contribution in [0.1, 0.15) is 42.8 Å². The highest BCUT2D eigenvalue weighted by Gasteiger charge is 2.15. The number of hydrogen-bond acceptors (Lipinski definition) is 6. The average molecular weight is 439 g/mol. The molecule has 0 bridgehead atoms. The summed E-state index contributed by atoms with van der Waals surface area (Å²) in [6, 6.07) is 12.3. The van der Waals surface area contributed by atoms with Crippen LogP contribution in [0.5, 0.6) is 5.88 Å². The maximum atomic E-state index is 12.2. The van der Waals surface area contributed by atoms with Crippen LogP contribution in [0.15, 0.2) is 41.2 Å². The fraction of sp³-hybridized carbons (Fsp3) is 0.400. The van der Waals surface area contributed by atoms with Gasteiger partial charge in [-0.2, -0.15) is 0 Å². The topological polar surface area (TPSA) is 103 Å². The van der Waals surface area contributed by atoms with E-state index in [1.54, 1.807) is 42.7 Å². The Morgan fingerprint density at radius 1 is 1.03 bits per heavy atom. The van der Waals surface area contributed by atoms with Crippen LogP contribution in [0.2, 0.25) is 0 Å². The molecule has 1 aliphatic carbocycles. The first kappa shape index (κ1) is 25.1. The summed E-state index contributed by atoms with van der Waals surface area (Å²) in [6.07, 6.45) is 3.96. The number of aryl methyl sites for hydroxylation is 4. The average Bonchev–Trinajstić information content (AvgIpc) is 3.27. The normalized spacial score (nSPS) is 11.6. The van der Waals surface area contributed by atoms with E-state index < -0.39 is 0 Å². The number of rotatable bonds is 3. The molecular weight excluding hydrogens is 404 g/mol. The lowest BCUT2D eigenvalue weighted by Gasteiger charge is -2.14. The minimum Gasteiger partial charge on any atom is -0.481 e. The second-order valence-electron chi connectivity index (χ2n) is 7.41. The van der Waals surface area contributed by atoms with Crippen LogP contribution >= 0.6 is 0 Å². The molecule has 2 heterocycles. The first-order valence-corrected chi connectivity index (χ1v) is 10.9. The summed E-state index contributed by atoms with van der Waals surface area (Å²) >= 11 is 0. The number of pyridine rings is 1. The van der Waals surface area contributed by atoms with Crippen LogP contribution in [0.25, 0.3) is 11.4 Å². The molecule has 7 nitrogen and oxygen atoms in total. The molecule has 0 spiro atoms. The van der Waals surface area contributed by atoms with Crippen molar-refractivity contribution in [1.29, 1.82) is 0 Å². The number of aliphatic hydroxyl groups is 1. The third-order valence-electron chi connectivity index (χ3n) is 5.23. The third kappa shape index (κ3) is 5.95. The number of nitrogens with two attached hydrogens (primary N) is 1. The summed E-state index contributed by atoms with van der Waals surface area (Å²) in [5, 5.41) is 7.57. The zero-order chi connectivity index (χ0) is 23.7. The molecule has 3 N–H and O–H groups in total. The quantitative estimate of drug-likeness (QED) is 0.646. The summed E-state index contributed by atoms with van der Waals surface area (Å²) in [7, 11) is 1.56. The van der Waals surface area contributed by atoms with Gasteiger partial charge in [0.2, 0.25) is 5.88 Å². The number of aromatic nitrogens is 3. The summed E-state index contributed by atoms with van der Waals surface area (Å²) in [6.45, 7) is 7.90. The van der Waals surface area contributed by atoms with Crippen molar-refractivity contribution in [1.82, 2.24) is 14.5 Å². The van der Waals surface area contributed by atoms with Crippen molar-refractivity contribution in [3.63, 3.8) is 0 Å². The maximum Gasteiger partial charge on any atom is 0.277 e. The molecule has 0 atom stereocenters. The minimum atomic E-state index is -0.217. The van der Waals surface area contributed by atoms with E-state index in [4.69, 9.17) is 15.6 Å². The van der Waals surface area contributed by atoms with Crippen molar-refractivity contribution < 1.29 is 9.84 Å². The highest BCUT2D eigenvalue weighted by atomic mass is 16.5. The zero-order valence-corrected chi connectivity index (χ0v) is 19.7. The van der Waals surface area contributed by atoms with Gasteiger partial charge in [0, 0.05) is 24.8 Å². The van der Waals surface area contributed by atoms with E-state index in [1.807, 2.05) is 19.9 Å². The molecule has 32 heavy (non-hydrogen) atoms.